The Hall–Kier alpha value is -2.95. The maximum Gasteiger partial charge on any atom is 0.336 e. The first-order valence-electron chi connectivity index (χ1n) is 17.9. The van der Waals surface area contributed by atoms with Crippen LogP contribution in [-0.2, 0) is 4.79 Å². The Labute approximate surface area is 281 Å². The molecule has 2 aromatic rings. The van der Waals surface area contributed by atoms with E-state index in [-0.39, 0.29) is 16.9 Å². The summed E-state index contributed by atoms with van der Waals surface area (Å²) < 4.78 is 0. The second-order valence-corrected chi connectivity index (χ2v) is 14.0. The SMILES string of the molecule is CC(=O)CC(C)C.CC(C)CCCCCCCC(CCCCCCCC(C)C)c1ccccc1.O=C(O)c1ccccc1C(=O)O. The van der Waals surface area contributed by atoms with Gasteiger partial charge in [0.1, 0.15) is 5.78 Å². The molecule has 0 spiro atoms. The third kappa shape index (κ3) is 24.3. The highest BCUT2D eigenvalue weighted by atomic mass is 16.4. The molecule has 5 nitrogen and oxygen atoms in total. The van der Waals surface area contributed by atoms with Crippen LogP contribution in [0, 0.1) is 17.8 Å². The van der Waals surface area contributed by atoms with E-state index in [9.17, 15) is 14.4 Å². The highest BCUT2D eigenvalue weighted by Gasteiger charge is 2.14. The van der Waals surface area contributed by atoms with E-state index >= 15 is 0 Å². The normalized spacial score (nSPS) is 10.8. The molecule has 260 valence electrons. The summed E-state index contributed by atoms with van der Waals surface area (Å²) in [6.45, 7) is 15.1. The zero-order chi connectivity index (χ0) is 34.7. The number of benzene rings is 2. The second-order valence-electron chi connectivity index (χ2n) is 14.0. The molecule has 0 aliphatic heterocycles. The summed E-state index contributed by atoms with van der Waals surface area (Å²) in [7, 11) is 0. The number of rotatable bonds is 21. The van der Waals surface area contributed by atoms with Crippen molar-refractivity contribution in [1.29, 1.82) is 0 Å². The van der Waals surface area contributed by atoms with Crippen LogP contribution in [0.1, 0.15) is 177 Å². The van der Waals surface area contributed by atoms with Crippen molar-refractivity contribution in [2.24, 2.45) is 17.8 Å². The molecule has 0 radical (unpaired) electrons. The molecule has 0 fully saturated rings. The van der Waals surface area contributed by atoms with Crippen LogP contribution in [0.25, 0.3) is 0 Å². The van der Waals surface area contributed by atoms with Crippen molar-refractivity contribution >= 4 is 17.7 Å². The van der Waals surface area contributed by atoms with Crippen molar-refractivity contribution in [3.05, 3.63) is 71.3 Å². The minimum atomic E-state index is -1.23. The summed E-state index contributed by atoms with van der Waals surface area (Å²) in [5, 5.41) is 17.1. The summed E-state index contributed by atoms with van der Waals surface area (Å²) in [4.78, 5) is 31.2. The van der Waals surface area contributed by atoms with Crippen LogP contribution in [0.15, 0.2) is 54.6 Å². The number of carboxylic acids is 2. The van der Waals surface area contributed by atoms with E-state index in [2.05, 4.69) is 58.0 Å². The number of aromatic carboxylic acids is 2. The van der Waals surface area contributed by atoms with Gasteiger partial charge >= 0.3 is 11.9 Å². The fourth-order valence-corrected chi connectivity index (χ4v) is 5.58. The summed E-state index contributed by atoms with van der Waals surface area (Å²) in [6.07, 6.45) is 20.6. The zero-order valence-corrected chi connectivity index (χ0v) is 30.2. The van der Waals surface area contributed by atoms with Crippen molar-refractivity contribution in [2.45, 2.75) is 151 Å². The van der Waals surface area contributed by atoms with E-state index in [0.29, 0.717) is 5.92 Å². The number of unbranched alkanes of at least 4 members (excludes halogenated alkanes) is 8. The van der Waals surface area contributed by atoms with E-state index in [1.807, 2.05) is 13.8 Å². The van der Waals surface area contributed by atoms with Crippen LogP contribution in [0.4, 0.5) is 0 Å². The molecule has 46 heavy (non-hydrogen) atoms. The van der Waals surface area contributed by atoms with E-state index in [4.69, 9.17) is 10.2 Å². The lowest BCUT2D eigenvalue weighted by Crippen LogP contribution is -2.06. The predicted molar refractivity (Wildman–Crippen MR) is 194 cm³/mol. The van der Waals surface area contributed by atoms with Crippen LogP contribution >= 0.6 is 0 Å². The lowest BCUT2D eigenvalue weighted by atomic mass is 9.88. The Morgan fingerprint density at radius 2 is 0.848 bits per heavy atom. The molecule has 2 aromatic carbocycles. The summed E-state index contributed by atoms with van der Waals surface area (Å²) >= 11 is 0. The maximum atomic E-state index is 10.5. The van der Waals surface area contributed by atoms with Gasteiger partial charge in [0, 0.05) is 6.42 Å². The Bertz CT molecular complexity index is 1000. The fourth-order valence-electron chi connectivity index (χ4n) is 5.58. The molecule has 0 aliphatic rings. The zero-order valence-electron chi connectivity index (χ0n) is 30.2. The standard InChI is InChI=1S/C27H48.C8H6O4.C6H12O/c1-24(2)18-12-7-5-9-14-20-26(27-22-16-11-17-23-27)21-15-10-6-8-13-19-25(3)4;9-7(10)5-3-1-2-4-6(5)8(11)12;1-5(2)4-6(3)7/h11,16-17,22-26H,5-10,12-15,18-21H2,1-4H3;1-4H,(H,9,10)(H,11,12);5H,4H2,1-3H3. The van der Waals surface area contributed by atoms with Crippen molar-refractivity contribution in [3.63, 3.8) is 0 Å². The molecule has 0 atom stereocenters. The smallest absolute Gasteiger partial charge is 0.336 e. The number of ketones is 1. The minimum Gasteiger partial charge on any atom is -0.478 e. The molecule has 5 heteroatoms. The van der Waals surface area contributed by atoms with Crippen LogP contribution in [0.3, 0.4) is 0 Å². The van der Waals surface area contributed by atoms with Gasteiger partial charge in [0.25, 0.3) is 0 Å². The third-order valence-electron chi connectivity index (χ3n) is 8.02. The molecule has 2 N–H and O–H groups in total. The van der Waals surface area contributed by atoms with Gasteiger partial charge < -0.3 is 15.0 Å². The first-order chi connectivity index (χ1) is 21.8. The van der Waals surface area contributed by atoms with Gasteiger partial charge in [-0.3, -0.25) is 0 Å². The van der Waals surface area contributed by atoms with Crippen LogP contribution in [0.5, 0.6) is 0 Å². The van der Waals surface area contributed by atoms with E-state index < -0.39 is 11.9 Å². The van der Waals surface area contributed by atoms with Gasteiger partial charge in [-0.05, 0) is 61.1 Å². The fraction of sp³-hybridized carbons (Fsp3) is 0.634. The second kappa shape index (κ2) is 27.2. The molecule has 0 saturated heterocycles. The summed E-state index contributed by atoms with van der Waals surface area (Å²) in [5.41, 5.74) is 1.20. The predicted octanol–water partition coefficient (Wildman–Crippen LogP) is 12.2. The quantitative estimate of drug-likeness (QED) is 0.133. The van der Waals surface area contributed by atoms with Gasteiger partial charge in [-0.25, -0.2) is 9.59 Å². The van der Waals surface area contributed by atoms with E-state index in [1.165, 1.54) is 114 Å². The van der Waals surface area contributed by atoms with E-state index in [0.717, 1.165) is 24.2 Å². The lowest BCUT2D eigenvalue weighted by molar-refractivity contribution is -0.117. The average molecular weight is 639 g/mol. The van der Waals surface area contributed by atoms with Crippen molar-refractivity contribution in [3.8, 4) is 0 Å². The maximum absolute atomic E-state index is 10.5. The first kappa shape index (κ1) is 43.0. The molecule has 0 aliphatic carbocycles. The van der Waals surface area contributed by atoms with Crippen LogP contribution in [-0.4, -0.2) is 27.9 Å². The van der Waals surface area contributed by atoms with Gasteiger partial charge in [-0.15, -0.1) is 0 Å². The Balaban J connectivity index is 0.000000868. The average Bonchev–Trinajstić information content (AvgIpc) is 2.99. The van der Waals surface area contributed by atoms with Gasteiger partial charge in [0.2, 0.25) is 0 Å². The number of hydrogen-bond acceptors (Lipinski definition) is 3. The first-order valence-corrected chi connectivity index (χ1v) is 17.9. The third-order valence-corrected chi connectivity index (χ3v) is 8.02. The number of Topliss-reactive ketones (excluding diaryl/α,β-unsaturated/α-hetero) is 1. The Morgan fingerprint density at radius 1 is 0.500 bits per heavy atom. The molecule has 0 aromatic heterocycles. The Kier molecular flexibility index (Phi) is 25.4. The summed E-state index contributed by atoms with van der Waals surface area (Å²) in [6, 6.07) is 16.8. The summed E-state index contributed by atoms with van der Waals surface area (Å²) in [5.74, 6) is 0.890. The van der Waals surface area contributed by atoms with E-state index in [1.54, 1.807) is 12.5 Å². The highest BCUT2D eigenvalue weighted by molar-refractivity contribution is 6.01. The monoisotopic (exact) mass is 638 g/mol. The molecule has 0 heterocycles. The largest absolute Gasteiger partial charge is 0.478 e. The lowest BCUT2D eigenvalue weighted by Gasteiger charge is -2.17. The van der Waals surface area contributed by atoms with Crippen LogP contribution in [0.2, 0.25) is 0 Å². The van der Waals surface area contributed by atoms with Crippen molar-refractivity contribution < 1.29 is 24.6 Å². The number of carbonyl (C=O) groups is 3. The molecular formula is C41H66O5. The van der Waals surface area contributed by atoms with Crippen LogP contribution < -0.4 is 0 Å². The topological polar surface area (TPSA) is 91.7 Å². The molecule has 0 bridgehead atoms. The molecule has 0 amide bonds. The van der Waals surface area contributed by atoms with Crippen molar-refractivity contribution in [1.82, 2.24) is 0 Å². The number of hydrogen-bond donors (Lipinski definition) is 2. The Morgan fingerprint density at radius 3 is 1.15 bits per heavy atom. The number of carboxylic acid groups (broad SMARTS) is 2. The molecular weight excluding hydrogens is 572 g/mol. The van der Waals surface area contributed by atoms with Gasteiger partial charge in [0.05, 0.1) is 11.1 Å². The highest BCUT2D eigenvalue weighted by Crippen LogP contribution is 2.29. The number of carbonyl (C=O) groups excluding carboxylic acids is 1. The minimum absolute atomic E-state index is 0.190. The molecule has 0 saturated carbocycles. The van der Waals surface area contributed by atoms with Crippen molar-refractivity contribution in [2.75, 3.05) is 0 Å². The molecule has 0 unspecified atom stereocenters. The van der Waals surface area contributed by atoms with Gasteiger partial charge in [0.15, 0.2) is 0 Å². The molecule has 2 rings (SSSR count). The van der Waals surface area contributed by atoms with Gasteiger partial charge in [-0.1, -0.05) is 161 Å². The van der Waals surface area contributed by atoms with Gasteiger partial charge in [-0.2, -0.15) is 0 Å².